The molecule has 0 spiro atoms. The molecular weight excluding hydrogens is 176 g/mol. The number of hydrogen-bond acceptors (Lipinski definition) is 1. The average molecular weight is 194 g/mol. The molecule has 3 heteroatoms. The minimum atomic E-state index is 0.0850. The van der Waals surface area contributed by atoms with Crippen molar-refractivity contribution >= 4 is 5.91 Å². The molecule has 0 saturated heterocycles. The lowest BCUT2D eigenvalue weighted by Crippen LogP contribution is -2.28. The van der Waals surface area contributed by atoms with Gasteiger partial charge in [0.05, 0.1) is 0 Å². The second-order valence-electron chi connectivity index (χ2n) is 3.89. The molecule has 1 amide bonds. The third-order valence-corrected chi connectivity index (χ3v) is 2.04. The first-order valence-corrected chi connectivity index (χ1v) is 5.06. The number of amides is 1. The highest BCUT2D eigenvalue weighted by molar-refractivity contribution is 5.75. The minimum Gasteiger partial charge on any atom is -0.355 e. The van der Waals surface area contributed by atoms with Crippen LogP contribution >= 0.6 is 0 Å². The van der Waals surface area contributed by atoms with Gasteiger partial charge >= 0.3 is 0 Å². The van der Waals surface area contributed by atoms with Crippen molar-refractivity contribution in [2.45, 2.75) is 26.8 Å². The van der Waals surface area contributed by atoms with Crippen molar-refractivity contribution < 1.29 is 4.79 Å². The Morgan fingerprint density at radius 3 is 2.57 bits per heavy atom. The maximum absolute atomic E-state index is 11.4. The van der Waals surface area contributed by atoms with E-state index in [1.54, 1.807) is 0 Å². The third kappa shape index (κ3) is 4.12. The number of aromatic nitrogens is 1. The Hall–Kier alpha value is -1.25. The summed E-state index contributed by atoms with van der Waals surface area (Å²) in [6.45, 7) is 5.50. The highest BCUT2D eigenvalue weighted by atomic mass is 16.1. The molecule has 0 atom stereocenters. The molecule has 1 N–H and O–H groups in total. The quantitative estimate of drug-likeness (QED) is 0.759. The van der Waals surface area contributed by atoms with Crippen LogP contribution in [0.5, 0.6) is 0 Å². The third-order valence-electron chi connectivity index (χ3n) is 2.04. The maximum atomic E-state index is 11.4. The molecule has 1 aromatic heterocycles. The van der Waals surface area contributed by atoms with Crippen LogP contribution < -0.4 is 5.32 Å². The van der Waals surface area contributed by atoms with Gasteiger partial charge in [-0.05, 0) is 24.5 Å². The van der Waals surface area contributed by atoms with Gasteiger partial charge in [-0.25, -0.2) is 0 Å². The first kappa shape index (κ1) is 10.8. The highest BCUT2D eigenvalue weighted by Gasteiger charge is 2.01. The van der Waals surface area contributed by atoms with Crippen LogP contribution in [0.4, 0.5) is 0 Å². The van der Waals surface area contributed by atoms with Crippen LogP contribution in [0.25, 0.3) is 0 Å². The fourth-order valence-corrected chi connectivity index (χ4v) is 1.20. The van der Waals surface area contributed by atoms with Crippen LogP contribution in [-0.4, -0.2) is 17.0 Å². The molecule has 1 heterocycles. The standard InChI is InChI=1S/C11H18N2O/c1-10(2)5-6-12-11(14)9-13-7-3-4-8-13/h3-4,7-8,10H,5-6,9H2,1-2H3,(H,12,14). The number of carbonyl (C=O) groups excluding carboxylic acids is 1. The predicted molar refractivity (Wildman–Crippen MR) is 56.9 cm³/mol. The summed E-state index contributed by atoms with van der Waals surface area (Å²) in [6.07, 6.45) is 4.82. The maximum Gasteiger partial charge on any atom is 0.239 e. The van der Waals surface area contributed by atoms with Crippen molar-refractivity contribution in [1.82, 2.24) is 9.88 Å². The van der Waals surface area contributed by atoms with Crippen LogP contribution in [0.2, 0.25) is 0 Å². The normalized spacial score (nSPS) is 10.5. The van der Waals surface area contributed by atoms with Crippen molar-refractivity contribution in [2.24, 2.45) is 5.92 Å². The SMILES string of the molecule is CC(C)CCNC(=O)Cn1cccc1. The lowest BCUT2D eigenvalue weighted by Gasteiger charge is -2.07. The summed E-state index contributed by atoms with van der Waals surface area (Å²) in [5.74, 6) is 0.726. The molecule has 0 fully saturated rings. The summed E-state index contributed by atoms with van der Waals surface area (Å²) in [5.41, 5.74) is 0. The highest BCUT2D eigenvalue weighted by Crippen LogP contribution is 1.96. The smallest absolute Gasteiger partial charge is 0.239 e. The largest absolute Gasteiger partial charge is 0.355 e. The van der Waals surface area contributed by atoms with Gasteiger partial charge in [-0.15, -0.1) is 0 Å². The van der Waals surface area contributed by atoms with Crippen LogP contribution in [0.1, 0.15) is 20.3 Å². The van der Waals surface area contributed by atoms with E-state index < -0.39 is 0 Å². The Morgan fingerprint density at radius 1 is 1.36 bits per heavy atom. The van der Waals surface area contributed by atoms with Crippen molar-refractivity contribution in [2.75, 3.05) is 6.54 Å². The molecule has 0 aliphatic heterocycles. The first-order valence-electron chi connectivity index (χ1n) is 5.06. The zero-order valence-corrected chi connectivity index (χ0v) is 8.86. The van der Waals surface area contributed by atoms with Crippen LogP contribution in [-0.2, 0) is 11.3 Å². The Morgan fingerprint density at radius 2 is 2.00 bits per heavy atom. The van der Waals surface area contributed by atoms with E-state index in [1.165, 1.54) is 0 Å². The number of rotatable bonds is 5. The van der Waals surface area contributed by atoms with E-state index >= 15 is 0 Å². The van der Waals surface area contributed by atoms with Crippen molar-refractivity contribution in [3.63, 3.8) is 0 Å². The van der Waals surface area contributed by atoms with Gasteiger partial charge in [-0.3, -0.25) is 4.79 Å². The molecule has 0 aromatic carbocycles. The molecule has 0 radical (unpaired) electrons. The zero-order chi connectivity index (χ0) is 10.4. The van der Waals surface area contributed by atoms with Gasteiger partial charge in [0.15, 0.2) is 0 Å². The molecule has 0 saturated carbocycles. The van der Waals surface area contributed by atoms with Gasteiger partial charge < -0.3 is 9.88 Å². The molecular formula is C11H18N2O. The van der Waals surface area contributed by atoms with Crippen LogP contribution in [0.15, 0.2) is 24.5 Å². The Labute approximate surface area is 85.1 Å². The van der Waals surface area contributed by atoms with Crippen LogP contribution in [0, 0.1) is 5.92 Å². The summed E-state index contributed by atoms with van der Waals surface area (Å²) in [7, 11) is 0. The molecule has 0 unspecified atom stereocenters. The van der Waals surface area contributed by atoms with Crippen LogP contribution in [0.3, 0.4) is 0 Å². The van der Waals surface area contributed by atoms with E-state index in [4.69, 9.17) is 0 Å². The molecule has 1 rings (SSSR count). The van der Waals surface area contributed by atoms with Crippen molar-refractivity contribution in [1.29, 1.82) is 0 Å². The van der Waals surface area contributed by atoms with E-state index in [1.807, 2.05) is 29.1 Å². The number of nitrogens with one attached hydrogen (secondary N) is 1. The van der Waals surface area contributed by atoms with Gasteiger partial charge in [-0.2, -0.15) is 0 Å². The molecule has 78 valence electrons. The lowest BCUT2D eigenvalue weighted by molar-refractivity contribution is -0.121. The topological polar surface area (TPSA) is 34.0 Å². The van der Waals surface area contributed by atoms with E-state index in [0.29, 0.717) is 12.5 Å². The van der Waals surface area contributed by atoms with Crippen molar-refractivity contribution in [3.8, 4) is 0 Å². The van der Waals surface area contributed by atoms with Gasteiger partial charge in [0, 0.05) is 18.9 Å². The van der Waals surface area contributed by atoms with E-state index in [9.17, 15) is 4.79 Å². The number of nitrogens with zero attached hydrogens (tertiary/aromatic N) is 1. The summed E-state index contributed by atoms with van der Waals surface area (Å²) in [4.78, 5) is 11.4. The number of hydrogen-bond donors (Lipinski definition) is 1. The zero-order valence-electron chi connectivity index (χ0n) is 8.86. The summed E-state index contributed by atoms with van der Waals surface area (Å²) < 4.78 is 1.87. The van der Waals surface area contributed by atoms with Gasteiger partial charge in [-0.1, -0.05) is 13.8 Å². The van der Waals surface area contributed by atoms with Gasteiger partial charge in [0.25, 0.3) is 0 Å². The van der Waals surface area contributed by atoms with Gasteiger partial charge in [0.1, 0.15) is 6.54 Å². The van der Waals surface area contributed by atoms with Crippen molar-refractivity contribution in [3.05, 3.63) is 24.5 Å². The molecule has 0 bridgehead atoms. The molecule has 14 heavy (non-hydrogen) atoms. The molecule has 0 aliphatic carbocycles. The molecule has 3 nitrogen and oxygen atoms in total. The molecule has 0 aliphatic rings. The fourth-order valence-electron chi connectivity index (χ4n) is 1.20. The van der Waals surface area contributed by atoms with E-state index in [0.717, 1.165) is 13.0 Å². The summed E-state index contributed by atoms with van der Waals surface area (Å²) in [5, 5.41) is 2.89. The summed E-state index contributed by atoms with van der Waals surface area (Å²) >= 11 is 0. The van der Waals surface area contributed by atoms with E-state index in [-0.39, 0.29) is 5.91 Å². The Balaban J connectivity index is 2.17. The monoisotopic (exact) mass is 194 g/mol. The average Bonchev–Trinajstić information content (AvgIpc) is 2.56. The molecule has 1 aromatic rings. The summed E-state index contributed by atoms with van der Waals surface area (Å²) in [6, 6.07) is 3.84. The number of carbonyl (C=O) groups is 1. The predicted octanol–water partition coefficient (Wildman–Crippen LogP) is 1.65. The Kier molecular flexibility index (Phi) is 4.23. The Bertz CT molecular complexity index is 265. The minimum absolute atomic E-state index is 0.0850. The lowest BCUT2D eigenvalue weighted by atomic mass is 10.1. The van der Waals surface area contributed by atoms with E-state index in [2.05, 4.69) is 19.2 Å². The fraction of sp³-hybridized carbons (Fsp3) is 0.545. The second-order valence-corrected chi connectivity index (χ2v) is 3.89. The van der Waals surface area contributed by atoms with Gasteiger partial charge in [0.2, 0.25) is 5.91 Å². The second kappa shape index (κ2) is 5.47. The first-order chi connectivity index (χ1) is 6.68.